The molecule has 2 aromatic carbocycles. The molecule has 1 aliphatic heterocycles. The van der Waals surface area contributed by atoms with E-state index in [1.807, 2.05) is 60.4 Å². The highest BCUT2D eigenvalue weighted by atomic mass is 79.9. The van der Waals surface area contributed by atoms with Crippen LogP contribution in [-0.4, -0.2) is 53.8 Å². The Kier molecular flexibility index (Phi) is 8.05. The quantitative estimate of drug-likeness (QED) is 0.635. The van der Waals surface area contributed by atoms with Gasteiger partial charge in [0.2, 0.25) is 5.91 Å². The van der Waals surface area contributed by atoms with Crippen LogP contribution in [0.4, 0.5) is 5.69 Å². The van der Waals surface area contributed by atoms with Crippen LogP contribution in [0.3, 0.4) is 0 Å². The molecule has 30 heavy (non-hydrogen) atoms. The van der Waals surface area contributed by atoms with Crippen LogP contribution in [-0.2, 0) is 4.79 Å². The first-order chi connectivity index (χ1) is 14.5. The number of amides is 2. The Labute approximate surface area is 187 Å². The molecule has 0 spiro atoms. The lowest BCUT2D eigenvalue weighted by Gasteiger charge is -2.38. The van der Waals surface area contributed by atoms with Crippen molar-refractivity contribution in [3.8, 4) is 0 Å². The Bertz CT molecular complexity index is 864. The summed E-state index contributed by atoms with van der Waals surface area (Å²) < 4.78 is 1.03. The van der Waals surface area contributed by atoms with Crippen molar-refractivity contribution in [2.75, 3.05) is 31.5 Å². The van der Waals surface area contributed by atoms with Crippen molar-refractivity contribution < 1.29 is 9.59 Å². The zero-order valence-corrected chi connectivity index (χ0v) is 19.3. The van der Waals surface area contributed by atoms with Crippen molar-refractivity contribution >= 4 is 33.4 Å². The highest BCUT2D eigenvalue weighted by Crippen LogP contribution is 2.21. The fourth-order valence-electron chi connectivity index (χ4n) is 3.98. The topological polar surface area (TPSA) is 52.7 Å². The molecule has 1 fully saturated rings. The van der Waals surface area contributed by atoms with Gasteiger partial charge in [-0.2, -0.15) is 0 Å². The number of halogens is 1. The van der Waals surface area contributed by atoms with Gasteiger partial charge in [0.25, 0.3) is 5.91 Å². The summed E-state index contributed by atoms with van der Waals surface area (Å²) in [6.45, 7) is 6.85. The molecule has 0 radical (unpaired) electrons. The molecule has 6 heteroatoms. The van der Waals surface area contributed by atoms with Crippen LogP contribution < -0.4 is 5.32 Å². The van der Waals surface area contributed by atoms with Gasteiger partial charge in [-0.25, -0.2) is 0 Å². The third kappa shape index (κ3) is 5.92. The number of benzene rings is 2. The van der Waals surface area contributed by atoms with E-state index in [1.165, 1.54) is 0 Å². The van der Waals surface area contributed by atoms with Gasteiger partial charge in [-0.3, -0.25) is 14.5 Å². The van der Waals surface area contributed by atoms with Crippen molar-refractivity contribution in [3.05, 3.63) is 64.1 Å². The number of carbonyl (C=O) groups excluding carboxylic acids is 2. The van der Waals surface area contributed by atoms with E-state index in [2.05, 4.69) is 33.1 Å². The fourth-order valence-corrected chi connectivity index (χ4v) is 4.23. The predicted molar refractivity (Wildman–Crippen MR) is 125 cm³/mol. The molecule has 5 nitrogen and oxygen atoms in total. The number of likely N-dealkylation sites (tertiary alicyclic amines) is 1. The minimum absolute atomic E-state index is 0.00737. The average Bonchev–Trinajstić information content (AvgIpc) is 2.76. The molecule has 0 saturated carbocycles. The van der Waals surface area contributed by atoms with Crippen molar-refractivity contribution in [2.24, 2.45) is 0 Å². The van der Waals surface area contributed by atoms with E-state index in [0.29, 0.717) is 12.6 Å². The van der Waals surface area contributed by atoms with E-state index < -0.39 is 0 Å². The first-order valence-corrected chi connectivity index (χ1v) is 11.4. The molecule has 0 aromatic heterocycles. The van der Waals surface area contributed by atoms with Crippen LogP contribution in [0.2, 0.25) is 0 Å². The lowest BCUT2D eigenvalue weighted by Crippen LogP contribution is -2.49. The number of piperidine rings is 1. The van der Waals surface area contributed by atoms with Crippen molar-refractivity contribution in [2.45, 2.75) is 39.2 Å². The number of aryl methyl sites for hydroxylation is 1. The van der Waals surface area contributed by atoms with Gasteiger partial charge in [-0.15, -0.1) is 0 Å². The molecular weight excluding hydrogens is 442 g/mol. The highest BCUT2D eigenvalue weighted by molar-refractivity contribution is 9.10. The molecule has 1 aliphatic rings. The lowest BCUT2D eigenvalue weighted by atomic mass is 10.0. The summed E-state index contributed by atoms with van der Waals surface area (Å²) in [5, 5.41) is 3.02. The van der Waals surface area contributed by atoms with E-state index in [-0.39, 0.29) is 11.8 Å². The smallest absolute Gasteiger partial charge is 0.253 e. The summed E-state index contributed by atoms with van der Waals surface area (Å²) >= 11 is 3.49. The van der Waals surface area contributed by atoms with E-state index in [1.54, 1.807) is 0 Å². The van der Waals surface area contributed by atoms with Gasteiger partial charge in [-0.1, -0.05) is 41.1 Å². The van der Waals surface area contributed by atoms with Gasteiger partial charge in [0.1, 0.15) is 0 Å². The van der Waals surface area contributed by atoms with Gasteiger partial charge in [0.15, 0.2) is 0 Å². The maximum Gasteiger partial charge on any atom is 0.253 e. The predicted octanol–water partition coefficient (Wildman–Crippen LogP) is 4.71. The van der Waals surface area contributed by atoms with Crippen LogP contribution in [0.25, 0.3) is 0 Å². The van der Waals surface area contributed by atoms with Crippen molar-refractivity contribution in [1.29, 1.82) is 0 Å². The van der Waals surface area contributed by atoms with Crippen LogP contribution in [0.5, 0.6) is 0 Å². The zero-order valence-electron chi connectivity index (χ0n) is 17.7. The molecule has 0 bridgehead atoms. The summed E-state index contributed by atoms with van der Waals surface area (Å²) in [5.74, 6) is 0.104. The summed E-state index contributed by atoms with van der Waals surface area (Å²) in [7, 11) is 0. The Balaban J connectivity index is 1.55. The van der Waals surface area contributed by atoms with Crippen LogP contribution >= 0.6 is 15.9 Å². The second-order valence-corrected chi connectivity index (χ2v) is 8.73. The largest absolute Gasteiger partial charge is 0.339 e. The van der Waals surface area contributed by atoms with Gasteiger partial charge in [0, 0.05) is 34.9 Å². The van der Waals surface area contributed by atoms with E-state index in [9.17, 15) is 9.59 Å². The molecule has 0 aliphatic carbocycles. The van der Waals surface area contributed by atoms with Gasteiger partial charge in [-0.05, 0) is 68.6 Å². The Morgan fingerprint density at radius 2 is 1.83 bits per heavy atom. The molecule has 2 amide bonds. The first-order valence-electron chi connectivity index (χ1n) is 10.6. The number of nitrogens with zero attached hydrogens (tertiary/aromatic N) is 2. The van der Waals surface area contributed by atoms with Gasteiger partial charge in [0.05, 0.1) is 6.54 Å². The van der Waals surface area contributed by atoms with Crippen LogP contribution in [0.15, 0.2) is 53.0 Å². The standard InChI is InChI=1S/C24H30BrN3O2/c1-3-13-28(17-23(29)26-20-9-10-22(25)18(2)16-20)21-11-14-27(15-12-21)24(30)19-7-5-4-6-8-19/h4-10,16,21H,3,11-15,17H2,1-2H3,(H,26,29). The summed E-state index contributed by atoms with van der Waals surface area (Å²) in [6, 6.07) is 15.6. The summed E-state index contributed by atoms with van der Waals surface area (Å²) in [5.41, 5.74) is 2.65. The van der Waals surface area contributed by atoms with E-state index in [4.69, 9.17) is 0 Å². The van der Waals surface area contributed by atoms with Crippen LogP contribution in [0, 0.1) is 6.92 Å². The summed E-state index contributed by atoms with van der Waals surface area (Å²) in [4.78, 5) is 29.5. The first kappa shape index (κ1) is 22.5. The lowest BCUT2D eigenvalue weighted by molar-refractivity contribution is -0.118. The normalized spacial score (nSPS) is 14.7. The molecular formula is C24H30BrN3O2. The second-order valence-electron chi connectivity index (χ2n) is 7.87. The number of hydrogen-bond donors (Lipinski definition) is 1. The maximum atomic E-state index is 12.7. The van der Waals surface area contributed by atoms with E-state index in [0.717, 1.165) is 60.2 Å². The number of anilines is 1. The minimum Gasteiger partial charge on any atom is -0.339 e. The Morgan fingerprint density at radius 3 is 2.47 bits per heavy atom. The second kappa shape index (κ2) is 10.7. The molecule has 1 saturated heterocycles. The fraction of sp³-hybridized carbons (Fsp3) is 0.417. The maximum absolute atomic E-state index is 12.7. The monoisotopic (exact) mass is 471 g/mol. The third-order valence-electron chi connectivity index (χ3n) is 5.59. The number of hydrogen-bond acceptors (Lipinski definition) is 3. The van der Waals surface area contributed by atoms with Crippen molar-refractivity contribution in [1.82, 2.24) is 9.80 Å². The number of carbonyl (C=O) groups is 2. The molecule has 2 aromatic rings. The number of rotatable bonds is 7. The molecule has 160 valence electrons. The van der Waals surface area contributed by atoms with E-state index >= 15 is 0 Å². The minimum atomic E-state index is 0.00737. The molecule has 1 N–H and O–H groups in total. The molecule has 3 rings (SSSR count). The molecule has 0 unspecified atom stereocenters. The average molecular weight is 472 g/mol. The zero-order chi connectivity index (χ0) is 21.5. The van der Waals surface area contributed by atoms with Crippen molar-refractivity contribution in [3.63, 3.8) is 0 Å². The highest BCUT2D eigenvalue weighted by Gasteiger charge is 2.28. The third-order valence-corrected chi connectivity index (χ3v) is 6.48. The Hall–Kier alpha value is -2.18. The number of nitrogens with one attached hydrogen (secondary N) is 1. The van der Waals surface area contributed by atoms with Gasteiger partial charge >= 0.3 is 0 Å². The molecule has 1 heterocycles. The SMILES string of the molecule is CCCN(CC(=O)Nc1ccc(Br)c(C)c1)C1CCN(C(=O)c2ccccc2)CC1. The molecule has 0 atom stereocenters. The van der Waals surface area contributed by atoms with Crippen LogP contribution in [0.1, 0.15) is 42.1 Å². The van der Waals surface area contributed by atoms with Gasteiger partial charge < -0.3 is 10.2 Å². The Morgan fingerprint density at radius 1 is 1.13 bits per heavy atom. The summed E-state index contributed by atoms with van der Waals surface area (Å²) in [6.07, 6.45) is 2.78.